The van der Waals surface area contributed by atoms with Crippen molar-refractivity contribution in [3.63, 3.8) is 0 Å². The summed E-state index contributed by atoms with van der Waals surface area (Å²) in [5, 5.41) is 12.4. The number of imide groups is 1. The number of hydrogen-bond acceptors (Lipinski definition) is 5. The van der Waals surface area contributed by atoms with Gasteiger partial charge in [0.1, 0.15) is 11.2 Å². The van der Waals surface area contributed by atoms with Gasteiger partial charge in [0.2, 0.25) is 5.91 Å². The molecule has 2 N–H and O–H groups in total. The van der Waals surface area contributed by atoms with Crippen molar-refractivity contribution in [2.75, 3.05) is 0 Å². The molecule has 2 aromatic rings. The summed E-state index contributed by atoms with van der Waals surface area (Å²) < 4.78 is 5.73. The van der Waals surface area contributed by atoms with Crippen molar-refractivity contribution in [2.24, 2.45) is 5.41 Å². The minimum Gasteiger partial charge on any atom is -0.508 e. The molecular formula is C27H34N2O5. The van der Waals surface area contributed by atoms with E-state index in [1.807, 2.05) is 52.0 Å². The average Bonchev–Trinajstić information content (AvgIpc) is 2.81. The molecule has 1 aliphatic rings. The molecule has 3 rings (SSSR count). The number of esters is 1. The molecule has 7 nitrogen and oxygen atoms in total. The molecule has 1 heterocycles. The van der Waals surface area contributed by atoms with Gasteiger partial charge in [0.25, 0.3) is 0 Å². The van der Waals surface area contributed by atoms with E-state index in [4.69, 9.17) is 4.74 Å². The average molecular weight is 467 g/mol. The quantitative estimate of drug-likeness (QED) is 0.400. The number of amides is 3. The van der Waals surface area contributed by atoms with Gasteiger partial charge in [-0.25, -0.2) is 9.69 Å². The normalized spacial score (nSPS) is 17.6. The molecule has 1 saturated heterocycles. The molecule has 1 aliphatic heterocycles. The zero-order valence-electron chi connectivity index (χ0n) is 20.3. The Balaban J connectivity index is 1.77. The molecule has 182 valence electrons. The van der Waals surface area contributed by atoms with Gasteiger partial charge in [-0.2, -0.15) is 0 Å². The van der Waals surface area contributed by atoms with Crippen LogP contribution in [0.15, 0.2) is 48.5 Å². The molecule has 3 amide bonds. The lowest BCUT2D eigenvalue weighted by Crippen LogP contribution is -2.73. The van der Waals surface area contributed by atoms with Crippen LogP contribution in [0.25, 0.3) is 0 Å². The number of benzene rings is 2. The number of phenolic OH excluding ortho intramolecular Hbond substituents is 1. The number of aromatic hydroxyl groups is 1. The smallest absolute Gasteiger partial charge is 0.327 e. The van der Waals surface area contributed by atoms with E-state index in [-0.39, 0.29) is 24.1 Å². The zero-order chi connectivity index (χ0) is 24.9. The molecule has 0 saturated carbocycles. The van der Waals surface area contributed by atoms with Gasteiger partial charge in [-0.05, 0) is 49.4 Å². The lowest BCUT2D eigenvalue weighted by atomic mass is 9.72. The molecule has 2 aromatic carbocycles. The first-order valence-corrected chi connectivity index (χ1v) is 11.9. The van der Waals surface area contributed by atoms with Crippen molar-refractivity contribution in [2.45, 2.75) is 72.1 Å². The zero-order valence-corrected chi connectivity index (χ0v) is 20.3. The number of carbonyl (C=O) groups excluding carboxylic acids is 3. The molecular weight excluding hydrogens is 432 g/mol. The molecule has 0 radical (unpaired) electrons. The molecule has 0 aromatic heterocycles. The van der Waals surface area contributed by atoms with Crippen molar-refractivity contribution < 1.29 is 24.2 Å². The summed E-state index contributed by atoms with van der Waals surface area (Å²) in [4.78, 5) is 40.2. The maximum atomic E-state index is 13.2. The van der Waals surface area contributed by atoms with Gasteiger partial charge >= 0.3 is 12.0 Å². The minimum atomic E-state index is -0.958. The minimum absolute atomic E-state index is 0.0221. The topological polar surface area (TPSA) is 95.9 Å². The number of phenols is 1. The van der Waals surface area contributed by atoms with Crippen LogP contribution in [0.3, 0.4) is 0 Å². The number of nitrogens with one attached hydrogen (secondary N) is 1. The van der Waals surface area contributed by atoms with Crippen molar-refractivity contribution in [1.29, 1.82) is 0 Å². The highest BCUT2D eigenvalue weighted by molar-refractivity contribution is 6.03. The number of nitrogens with zero attached hydrogens (tertiary/aromatic N) is 1. The van der Waals surface area contributed by atoms with Gasteiger partial charge < -0.3 is 15.2 Å². The predicted molar refractivity (Wildman–Crippen MR) is 129 cm³/mol. The van der Waals surface area contributed by atoms with E-state index >= 15 is 0 Å². The van der Waals surface area contributed by atoms with Gasteiger partial charge in [0.15, 0.2) is 6.23 Å². The van der Waals surface area contributed by atoms with Crippen molar-refractivity contribution in [1.82, 2.24) is 10.2 Å². The number of hydrogen-bond donors (Lipinski definition) is 2. The molecule has 1 fully saturated rings. The Morgan fingerprint density at radius 2 is 1.68 bits per heavy atom. The van der Waals surface area contributed by atoms with Crippen molar-refractivity contribution in [3.8, 4) is 5.75 Å². The summed E-state index contributed by atoms with van der Waals surface area (Å²) >= 11 is 0. The Bertz CT molecular complexity index is 1010. The fourth-order valence-electron chi connectivity index (χ4n) is 4.47. The third-order valence-electron chi connectivity index (χ3n) is 6.72. The summed E-state index contributed by atoms with van der Waals surface area (Å²) in [7, 11) is 0. The van der Waals surface area contributed by atoms with Crippen molar-refractivity contribution in [3.05, 3.63) is 65.2 Å². The standard InChI is InChI=1S/C27H34N2O5/c1-5-8-22(20-13-9-18(4)10-14-20)28-26(33)29-24(32)27(6-2,7-3)25(29)34-23(31)17-19-11-15-21(30)16-12-19/h9-16,22,25,30H,5-8,17H2,1-4H3,(H,28,33)/t22-,25+/m1/s1. The third kappa shape index (κ3) is 5.08. The maximum absolute atomic E-state index is 13.2. The number of β-lactam (4-membered cyclic amide) rings is 1. The molecule has 0 aliphatic carbocycles. The van der Waals surface area contributed by atoms with Crippen LogP contribution >= 0.6 is 0 Å². The highest BCUT2D eigenvalue weighted by Crippen LogP contribution is 2.46. The van der Waals surface area contributed by atoms with Crippen LogP contribution in [0.2, 0.25) is 0 Å². The Kier molecular flexibility index (Phi) is 7.97. The number of aryl methyl sites for hydroxylation is 1. The van der Waals surface area contributed by atoms with E-state index in [1.165, 1.54) is 12.1 Å². The van der Waals surface area contributed by atoms with E-state index in [1.54, 1.807) is 12.1 Å². The predicted octanol–water partition coefficient (Wildman–Crippen LogP) is 5.01. The molecule has 0 spiro atoms. The second-order valence-electron chi connectivity index (χ2n) is 8.93. The highest BCUT2D eigenvalue weighted by Gasteiger charge is 2.63. The first-order chi connectivity index (χ1) is 16.2. The van der Waals surface area contributed by atoms with Crippen LogP contribution in [-0.4, -0.2) is 34.1 Å². The number of carbonyl (C=O) groups is 3. The summed E-state index contributed by atoms with van der Waals surface area (Å²) in [6.45, 7) is 7.77. The molecule has 2 atom stereocenters. The second kappa shape index (κ2) is 10.7. The van der Waals surface area contributed by atoms with Crippen LogP contribution in [0, 0.1) is 12.3 Å². The summed E-state index contributed by atoms with van der Waals surface area (Å²) in [6, 6.07) is 13.4. The number of ether oxygens (including phenoxy) is 1. The Morgan fingerprint density at radius 3 is 2.24 bits per heavy atom. The number of rotatable bonds is 9. The largest absolute Gasteiger partial charge is 0.508 e. The molecule has 7 heteroatoms. The van der Waals surface area contributed by atoms with Crippen LogP contribution in [0.4, 0.5) is 4.79 Å². The van der Waals surface area contributed by atoms with E-state index in [0.29, 0.717) is 18.4 Å². The van der Waals surface area contributed by atoms with E-state index in [0.717, 1.165) is 28.9 Å². The van der Waals surface area contributed by atoms with Gasteiger partial charge in [0, 0.05) is 0 Å². The Labute approximate surface area is 201 Å². The summed E-state index contributed by atoms with van der Waals surface area (Å²) in [5.41, 5.74) is 1.85. The summed E-state index contributed by atoms with van der Waals surface area (Å²) in [5.74, 6) is -0.747. The monoisotopic (exact) mass is 466 g/mol. The van der Waals surface area contributed by atoms with E-state index in [9.17, 15) is 19.5 Å². The van der Waals surface area contributed by atoms with E-state index in [2.05, 4.69) is 5.32 Å². The molecule has 0 bridgehead atoms. The molecule has 34 heavy (non-hydrogen) atoms. The van der Waals surface area contributed by atoms with E-state index < -0.39 is 23.6 Å². The lowest BCUT2D eigenvalue weighted by Gasteiger charge is -2.52. The highest BCUT2D eigenvalue weighted by atomic mass is 16.6. The second-order valence-corrected chi connectivity index (χ2v) is 8.93. The maximum Gasteiger partial charge on any atom is 0.327 e. The lowest BCUT2D eigenvalue weighted by molar-refractivity contribution is -0.211. The van der Waals surface area contributed by atoms with Gasteiger partial charge in [-0.3, -0.25) is 9.59 Å². The molecule has 0 unspecified atom stereocenters. The van der Waals surface area contributed by atoms with Crippen molar-refractivity contribution >= 4 is 17.9 Å². The van der Waals surface area contributed by atoms with Gasteiger partial charge in [0.05, 0.1) is 12.5 Å². The summed E-state index contributed by atoms with van der Waals surface area (Å²) in [6.07, 6.45) is 1.51. The van der Waals surface area contributed by atoms with Crippen LogP contribution in [0.5, 0.6) is 5.75 Å². The Hall–Kier alpha value is -3.35. The van der Waals surface area contributed by atoms with Crippen LogP contribution < -0.4 is 5.32 Å². The first kappa shape index (κ1) is 25.3. The number of urea groups is 1. The fraction of sp³-hybridized carbons (Fsp3) is 0.444. The third-order valence-corrected chi connectivity index (χ3v) is 6.72. The van der Waals surface area contributed by atoms with Crippen LogP contribution in [-0.2, 0) is 20.7 Å². The fourth-order valence-corrected chi connectivity index (χ4v) is 4.47. The van der Waals surface area contributed by atoms with Gasteiger partial charge in [-0.1, -0.05) is 69.2 Å². The van der Waals surface area contributed by atoms with Gasteiger partial charge in [-0.15, -0.1) is 0 Å². The van der Waals surface area contributed by atoms with Crippen LogP contribution in [0.1, 0.15) is 69.2 Å². The number of likely N-dealkylation sites (tertiary alicyclic amines) is 1. The first-order valence-electron chi connectivity index (χ1n) is 11.9. The SMILES string of the molecule is CCC[C@@H](NC(=O)N1C(=O)C(CC)(CC)[C@@H]1OC(=O)Cc1ccc(O)cc1)c1ccc(C)cc1. The Morgan fingerprint density at radius 1 is 1.06 bits per heavy atom.